The Kier molecular flexibility index (Phi) is 7.31. The van der Waals surface area contributed by atoms with Crippen molar-refractivity contribution in [3.8, 4) is 23.0 Å². The monoisotopic (exact) mass is 474 g/mol. The minimum atomic E-state index is 0.356. The van der Waals surface area contributed by atoms with Crippen LogP contribution in [-0.2, 0) is 0 Å². The van der Waals surface area contributed by atoms with E-state index in [9.17, 15) is 0 Å². The normalized spacial score (nSPS) is 10.3. The number of ether oxygens (including phenoxy) is 4. The van der Waals surface area contributed by atoms with Crippen molar-refractivity contribution in [2.24, 2.45) is 0 Å². The Hall–Kier alpha value is -4.73. The third-order valence-electron chi connectivity index (χ3n) is 5.01. The minimum Gasteiger partial charge on any atom is -0.497 e. The minimum absolute atomic E-state index is 0.356. The number of aromatic nitrogens is 3. The molecular weight excluding hydrogens is 448 g/mol. The van der Waals surface area contributed by atoms with E-state index in [4.69, 9.17) is 18.9 Å². The molecule has 0 radical (unpaired) electrons. The lowest BCUT2D eigenvalue weighted by atomic mass is 10.2. The van der Waals surface area contributed by atoms with Crippen LogP contribution >= 0.6 is 0 Å². The van der Waals surface area contributed by atoms with Crippen molar-refractivity contribution in [3.05, 3.63) is 67.0 Å². The number of rotatable bonds is 10. The summed E-state index contributed by atoms with van der Waals surface area (Å²) in [5, 5.41) is 9.67. The molecule has 1 aromatic heterocycles. The largest absolute Gasteiger partial charge is 0.497 e. The Balaban J connectivity index is 1.44. The van der Waals surface area contributed by atoms with E-state index >= 15 is 0 Å². The second-order valence-electron chi connectivity index (χ2n) is 7.23. The molecule has 0 aliphatic carbocycles. The molecule has 4 aromatic rings. The van der Waals surface area contributed by atoms with Crippen molar-refractivity contribution in [1.29, 1.82) is 0 Å². The van der Waals surface area contributed by atoms with E-state index in [1.54, 1.807) is 40.6 Å². The number of methoxy groups -OCH3 is 4. The number of benzene rings is 3. The smallest absolute Gasteiger partial charge is 0.232 e. The second kappa shape index (κ2) is 10.9. The summed E-state index contributed by atoms with van der Waals surface area (Å²) in [5.41, 5.74) is 3.41. The van der Waals surface area contributed by atoms with Crippen LogP contribution in [0.1, 0.15) is 0 Å². The lowest BCUT2D eigenvalue weighted by molar-refractivity contribution is 0.324. The molecular formula is C25H26N6O4. The highest BCUT2D eigenvalue weighted by atomic mass is 16.5. The van der Waals surface area contributed by atoms with E-state index in [0.29, 0.717) is 34.8 Å². The number of anilines is 6. The molecule has 0 unspecified atom stereocenters. The van der Waals surface area contributed by atoms with Gasteiger partial charge in [0.25, 0.3) is 0 Å². The fourth-order valence-electron chi connectivity index (χ4n) is 3.31. The quantitative estimate of drug-likeness (QED) is 0.286. The van der Waals surface area contributed by atoms with Crippen LogP contribution in [-0.4, -0.2) is 43.4 Å². The van der Waals surface area contributed by atoms with Crippen molar-refractivity contribution in [2.45, 2.75) is 0 Å². The van der Waals surface area contributed by atoms with Gasteiger partial charge in [0.2, 0.25) is 17.6 Å². The van der Waals surface area contributed by atoms with Gasteiger partial charge in [0.1, 0.15) is 12.1 Å². The maximum Gasteiger partial charge on any atom is 0.232 e. The van der Waals surface area contributed by atoms with Gasteiger partial charge >= 0.3 is 0 Å². The Bertz CT molecular complexity index is 1240. The molecule has 0 spiro atoms. The first kappa shape index (κ1) is 23.4. The Morgan fingerprint density at radius 1 is 0.543 bits per heavy atom. The summed E-state index contributed by atoms with van der Waals surface area (Å²) >= 11 is 0. The molecule has 0 aliphatic rings. The van der Waals surface area contributed by atoms with Gasteiger partial charge in [0.05, 0.1) is 28.4 Å². The van der Waals surface area contributed by atoms with Gasteiger partial charge in [-0.1, -0.05) is 0 Å². The lowest BCUT2D eigenvalue weighted by Gasteiger charge is -2.14. The first-order chi connectivity index (χ1) is 17.1. The number of hydrogen-bond donors (Lipinski definition) is 3. The van der Waals surface area contributed by atoms with Crippen molar-refractivity contribution >= 4 is 34.6 Å². The lowest BCUT2D eigenvalue weighted by Crippen LogP contribution is -2.03. The van der Waals surface area contributed by atoms with E-state index < -0.39 is 0 Å². The van der Waals surface area contributed by atoms with Crippen LogP contribution in [0.5, 0.6) is 23.0 Å². The van der Waals surface area contributed by atoms with E-state index in [2.05, 4.69) is 30.9 Å². The van der Waals surface area contributed by atoms with E-state index in [0.717, 1.165) is 22.8 Å². The van der Waals surface area contributed by atoms with Gasteiger partial charge in [-0.05, 0) is 48.5 Å². The fourth-order valence-corrected chi connectivity index (χ4v) is 3.31. The highest BCUT2D eigenvalue weighted by molar-refractivity contribution is 5.67. The van der Waals surface area contributed by atoms with Gasteiger partial charge in [-0.3, -0.25) is 0 Å². The molecule has 3 aromatic carbocycles. The zero-order valence-electron chi connectivity index (χ0n) is 19.8. The summed E-state index contributed by atoms with van der Waals surface area (Å²) in [7, 11) is 6.32. The number of nitrogens with zero attached hydrogens (tertiary/aromatic N) is 3. The van der Waals surface area contributed by atoms with Crippen molar-refractivity contribution in [1.82, 2.24) is 15.0 Å². The first-order valence-corrected chi connectivity index (χ1v) is 10.7. The zero-order valence-corrected chi connectivity index (χ0v) is 19.8. The Morgan fingerprint density at radius 3 is 1.51 bits per heavy atom. The van der Waals surface area contributed by atoms with Crippen molar-refractivity contribution < 1.29 is 18.9 Å². The predicted octanol–water partition coefficient (Wildman–Crippen LogP) is 5.14. The van der Waals surface area contributed by atoms with E-state index in [1.807, 2.05) is 48.5 Å². The Labute approximate surface area is 203 Å². The van der Waals surface area contributed by atoms with Gasteiger partial charge in [0, 0.05) is 34.9 Å². The van der Waals surface area contributed by atoms with Crippen molar-refractivity contribution in [3.63, 3.8) is 0 Å². The molecule has 0 saturated carbocycles. The third kappa shape index (κ3) is 5.80. The van der Waals surface area contributed by atoms with E-state index in [-0.39, 0.29) is 0 Å². The summed E-state index contributed by atoms with van der Waals surface area (Å²) in [5.74, 6) is 3.10. The topological polar surface area (TPSA) is 112 Å². The summed E-state index contributed by atoms with van der Waals surface area (Å²) in [4.78, 5) is 12.8. The molecule has 4 rings (SSSR count). The van der Waals surface area contributed by atoms with Crippen LogP contribution in [0.25, 0.3) is 0 Å². The SMILES string of the molecule is COc1ccc(Nc2ccc(Nc3ncnc(Nc4cc(OC)c(OC)c(OC)c4)n3)cc2)cc1. The van der Waals surface area contributed by atoms with Crippen LogP contribution in [0.4, 0.5) is 34.6 Å². The molecule has 3 N–H and O–H groups in total. The van der Waals surface area contributed by atoms with Gasteiger partial charge in [-0.15, -0.1) is 0 Å². The third-order valence-corrected chi connectivity index (χ3v) is 5.01. The molecule has 0 saturated heterocycles. The predicted molar refractivity (Wildman–Crippen MR) is 135 cm³/mol. The van der Waals surface area contributed by atoms with Crippen LogP contribution in [0.2, 0.25) is 0 Å². The second-order valence-corrected chi connectivity index (χ2v) is 7.23. The fraction of sp³-hybridized carbons (Fsp3) is 0.160. The molecule has 10 heteroatoms. The summed E-state index contributed by atoms with van der Waals surface area (Å²) in [6.07, 6.45) is 1.43. The highest BCUT2D eigenvalue weighted by Crippen LogP contribution is 2.40. The maximum absolute atomic E-state index is 5.40. The zero-order chi connectivity index (χ0) is 24.6. The maximum atomic E-state index is 5.40. The van der Waals surface area contributed by atoms with Crippen molar-refractivity contribution in [2.75, 3.05) is 44.4 Å². The van der Waals surface area contributed by atoms with Gasteiger partial charge in [0.15, 0.2) is 11.5 Å². The number of hydrogen-bond acceptors (Lipinski definition) is 10. The molecule has 35 heavy (non-hydrogen) atoms. The first-order valence-electron chi connectivity index (χ1n) is 10.7. The molecule has 180 valence electrons. The molecule has 0 bridgehead atoms. The molecule has 10 nitrogen and oxygen atoms in total. The number of nitrogens with one attached hydrogen (secondary N) is 3. The Morgan fingerprint density at radius 2 is 1.03 bits per heavy atom. The summed E-state index contributed by atoms with van der Waals surface area (Å²) in [6, 6.07) is 19.1. The molecule has 0 atom stereocenters. The summed E-state index contributed by atoms with van der Waals surface area (Å²) < 4.78 is 21.3. The molecule has 0 amide bonds. The van der Waals surface area contributed by atoms with Crippen LogP contribution in [0.3, 0.4) is 0 Å². The molecule has 0 aliphatic heterocycles. The van der Waals surface area contributed by atoms with Crippen LogP contribution < -0.4 is 34.9 Å². The van der Waals surface area contributed by atoms with E-state index in [1.165, 1.54) is 6.33 Å². The van der Waals surface area contributed by atoms with Gasteiger partial charge in [-0.2, -0.15) is 4.98 Å². The molecule has 1 heterocycles. The summed E-state index contributed by atoms with van der Waals surface area (Å²) in [6.45, 7) is 0. The molecule has 0 fully saturated rings. The standard InChI is InChI=1S/C25H26N6O4/c1-32-20-11-9-17(10-12-20)28-16-5-7-18(8-6-16)29-24-26-15-27-25(31-24)30-19-13-21(33-2)23(35-4)22(14-19)34-3/h5-15,28H,1-4H3,(H2,26,27,29,30,31). The average molecular weight is 475 g/mol. The average Bonchev–Trinajstić information content (AvgIpc) is 2.90. The van der Waals surface area contributed by atoms with Crippen LogP contribution in [0.15, 0.2) is 67.0 Å². The van der Waals surface area contributed by atoms with Gasteiger partial charge in [-0.25, -0.2) is 9.97 Å². The highest BCUT2D eigenvalue weighted by Gasteiger charge is 2.14. The van der Waals surface area contributed by atoms with Gasteiger partial charge < -0.3 is 34.9 Å². The van der Waals surface area contributed by atoms with Crippen LogP contribution in [0, 0.1) is 0 Å².